The van der Waals surface area contributed by atoms with Crippen molar-refractivity contribution >= 4 is 35.0 Å². The SMILES string of the molecule is COc1ccc(C=C(C#N)C(=O)Nc2cc([N+](=O)[O-])ccc2C)cc1Cl. The molecule has 0 fully saturated rings. The Morgan fingerprint density at radius 3 is 2.65 bits per heavy atom. The molecule has 0 aliphatic heterocycles. The number of benzene rings is 2. The third kappa shape index (κ3) is 4.37. The standard InChI is InChI=1S/C18H14ClN3O4/c1-11-3-5-14(22(24)25)9-16(11)21-18(23)13(10-20)7-12-4-6-17(26-2)15(19)8-12/h3-9H,1-2H3,(H,21,23). The number of non-ortho nitro benzene ring substituents is 1. The number of aryl methyl sites for hydroxylation is 1. The number of carbonyl (C=O) groups is 1. The molecule has 0 radical (unpaired) electrons. The van der Waals surface area contributed by atoms with E-state index in [1.807, 2.05) is 6.07 Å². The largest absolute Gasteiger partial charge is 0.495 e. The predicted molar refractivity (Wildman–Crippen MR) is 98.1 cm³/mol. The molecule has 0 aliphatic rings. The average molecular weight is 372 g/mol. The summed E-state index contributed by atoms with van der Waals surface area (Å²) in [5.74, 6) is -0.206. The van der Waals surface area contributed by atoms with Gasteiger partial charge in [-0.05, 0) is 36.3 Å². The number of nitrogens with zero attached hydrogens (tertiary/aromatic N) is 2. The zero-order valence-corrected chi connectivity index (χ0v) is 14.7. The van der Waals surface area contributed by atoms with Gasteiger partial charge in [0.15, 0.2) is 0 Å². The van der Waals surface area contributed by atoms with Crippen molar-refractivity contribution in [1.82, 2.24) is 0 Å². The third-order valence-corrected chi connectivity index (χ3v) is 3.83. The first-order chi connectivity index (χ1) is 12.3. The number of halogens is 1. The molecule has 0 aromatic heterocycles. The van der Waals surface area contributed by atoms with E-state index in [9.17, 15) is 20.2 Å². The number of hydrogen-bond acceptors (Lipinski definition) is 5. The van der Waals surface area contributed by atoms with E-state index in [1.165, 1.54) is 31.4 Å². The number of carbonyl (C=O) groups excluding carboxylic acids is 1. The first-order valence-electron chi connectivity index (χ1n) is 7.37. The van der Waals surface area contributed by atoms with Gasteiger partial charge in [-0.2, -0.15) is 5.26 Å². The molecule has 1 amide bonds. The zero-order chi connectivity index (χ0) is 19.3. The molecule has 132 valence electrons. The number of nitro benzene ring substituents is 1. The van der Waals surface area contributed by atoms with E-state index in [0.29, 0.717) is 21.9 Å². The molecule has 0 atom stereocenters. The predicted octanol–water partition coefficient (Wildman–Crippen LogP) is 4.11. The fourth-order valence-corrected chi connectivity index (χ4v) is 2.40. The number of rotatable bonds is 5. The lowest BCUT2D eigenvalue weighted by molar-refractivity contribution is -0.384. The minimum absolute atomic E-state index is 0.157. The van der Waals surface area contributed by atoms with E-state index in [-0.39, 0.29) is 16.9 Å². The van der Waals surface area contributed by atoms with Crippen LogP contribution in [0.5, 0.6) is 5.75 Å². The number of anilines is 1. The van der Waals surface area contributed by atoms with Crippen LogP contribution in [0.15, 0.2) is 42.0 Å². The average Bonchev–Trinajstić information content (AvgIpc) is 2.61. The van der Waals surface area contributed by atoms with Crippen molar-refractivity contribution in [3.8, 4) is 11.8 Å². The lowest BCUT2D eigenvalue weighted by atomic mass is 10.1. The summed E-state index contributed by atoms with van der Waals surface area (Å²) in [7, 11) is 1.48. The topological polar surface area (TPSA) is 105 Å². The first-order valence-corrected chi connectivity index (χ1v) is 7.75. The summed E-state index contributed by atoms with van der Waals surface area (Å²) < 4.78 is 5.05. The van der Waals surface area contributed by atoms with Crippen LogP contribution < -0.4 is 10.1 Å². The molecule has 2 aromatic rings. The van der Waals surface area contributed by atoms with Crippen molar-refractivity contribution in [3.63, 3.8) is 0 Å². The number of ether oxygens (including phenoxy) is 1. The summed E-state index contributed by atoms with van der Waals surface area (Å²) in [4.78, 5) is 22.7. The van der Waals surface area contributed by atoms with Gasteiger partial charge in [-0.1, -0.05) is 23.7 Å². The fourth-order valence-electron chi connectivity index (χ4n) is 2.14. The maximum absolute atomic E-state index is 12.4. The van der Waals surface area contributed by atoms with Crippen LogP contribution in [0.2, 0.25) is 5.02 Å². The normalized spacial score (nSPS) is 10.8. The molecule has 0 bridgehead atoms. The summed E-state index contributed by atoms with van der Waals surface area (Å²) in [6, 6.07) is 10.7. The quantitative estimate of drug-likeness (QED) is 0.368. The maximum atomic E-state index is 12.4. The van der Waals surface area contributed by atoms with Gasteiger partial charge in [-0.15, -0.1) is 0 Å². The van der Waals surface area contributed by atoms with E-state index >= 15 is 0 Å². The van der Waals surface area contributed by atoms with Crippen molar-refractivity contribution in [2.24, 2.45) is 0 Å². The molecular formula is C18H14ClN3O4. The summed E-state index contributed by atoms with van der Waals surface area (Å²) in [5.41, 5.74) is 1.11. The molecule has 0 saturated heterocycles. The van der Waals surface area contributed by atoms with Gasteiger partial charge in [0.1, 0.15) is 17.4 Å². The monoisotopic (exact) mass is 371 g/mol. The molecule has 1 N–H and O–H groups in total. The number of methoxy groups -OCH3 is 1. The number of amides is 1. The molecule has 0 saturated carbocycles. The van der Waals surface area contributed by atoms with E-state index in [4.69, 9.17) is 16.3 Å². The van der Waals surface area contributed by atoms with Gasteiger partial charge in [-0.3, -0.25) is 14.9 Å². The van der Waals surface area contributed by atoms with Crippen LogP contribution in [-0.4, -0.2) is 17.9 Å². The van der Waals surface area contributed by atoms with E-state index < -0.39 is 10.8 Å². The van der Waals surface area contributed by atoms with Gasteiger partial charge in [0, 0.05) is 12.1 Å². The van der Waals surface area contributed by atoms with Crippen LogP contribution in [0.25, 0.3) is 6.08 Å². The molecular weight excluding hydrogens is 358 g/mol. The summed E-state index contributed by atoms with van der Waals surface area (Å²) in [6.45, 7) is 1.69. The number of nitro groups is 1. The Kier molecular flexibility index (Phi) is 5.94. The molecule has 0 spiro atoms. The molecule has 0 heterocycles. The van der Waals surface area contributed by atoms with Gasteiger partial charge >= 0.3 is 0 Å². The smallest absolute Gasteiger partial charge is 0.271 e. The van der Waals surface area contributed by atoms with Crippen molar-refractivity contribution in [2.45, 2.75) is 6.92 Å². The highest BCUT2D eigenvalue weighted by Crippen LogP contribution is 2.26. The van der Waals surface area contributed by atoms with E-state index in [0.717, 1.165) is 0 Å². The van der Waals surface area contributed by atoms with Crippen molar-refractivity contribution in [3.05, 3.63) is 68.2 Å². The zero-order valence-electron chi connectivity index (χ0n) is 13.9. The van der Waals surface area contributed by atoms with Crippen LogP contribution in [0.1, 0.15) is 11.1 Å². The van der Waals surface area contributed by atoms with Crippen molar-refractivity contribution in [2.75, 3.05) is 12.4 Å². The van der Waals surface area contributed by atoms with Crippen LogP contribution in [0.3, 0.4) is 0 Å². The van der Waals surface area contributed by atoms with Gasteiger partial charge in [0.05, 0.1) is 22.7 Å². The van der Waals surface area contributed by atoms with Crippen LogP contribution in [-0.2, 0) is 4.79 Å². The highest BCUT2D eigenvalue weighted by molar-refractivity contribution is 6.32. The Morgan fingerprint density at radius 2 is 2.08 bits per heavy atom. The van der Waals surface area contributed by atoms with E-state index in [1.54, 1.807) is 25.1 Å². The Labute approximate surface area is 154 Å². The summed E-state index contributed by atoms with van der Waals surface area (Å²) in [6.07, 6.45) is 1.37. The Morgan fingerprint density at radius 1 is 1.35 bits per heavy atom. The molecule has 2 rings (SSSR count). The minimum Gasteiger partial charge on any atom is -0.495 e. The molecule has 8 heteroatoms. The van der Waals surface area contributed by atoms with Gasteiger partial charge in [0.2, 0.25) is 0 Å². The second-order valence-corrected chi connectivity index (χ2v) is 5.68. The second-order valence-electron chi connectivity index (χ2n) is 5.27. The number of nitrogens with one attached hydrogen (secondary N) is 1. The minimum atomic E-state index is -0.678. The van der Waals surface area contributed by atoms with Crippen molar-refractivity contribution in [1.29, 1.82) is 5.26 Å². The Bertz CT molecular complexity index is 948. The van der Waals surface area contributed by atoms with E-state index in [2.05, 4.69) is 5.32 Å². The summed E-state index contributed by atoms with van der Waals surface area (Å²) in [5, 5.41) is 23.0. The van der Waals surface area contributed by atoms with Gasteiger partial charge < -0.3 is 10.1 Å². The summed E-state index contributed by atoms with van der Waals surface area (Å²) >= 11 is 6.03. The van der Waals surface area contributed by atoms with Crippen LogP contribution in [0, 0.1) is 28.4 Å². The van der Waals surface area contributed by atoms with Crippen molar-refractivity contribution < 1.29 is 14.5 Å². The molecule has 26 heavy (non-hydrogen) atoms. The van der Waals surface area contributed by atoms with Crippen LogP contribution >= 0.6 is 11.6 Å². The fraction of sp³-hybridized carbons (Fsp3) is 0.111. The molecule has 7 nitrogen and oxygen atoms in total. The third-order valence-electron chi connectivity index (χ3n) is 3.53. The highest BCUT2D eigenvalue weighted by Gasteiger charge is 2.14. The lowest BCUT2D eigenvalue weighted by Gasteiger charge is -2.08. The van der Waals surface area contributed by atoms with Crippen LogP contribution in [0.4, 0.5) is 11.4 Å². The lowest BCUT2D eigenvalue weighted by Crippen LogP contribution is -2.14. The second kappa shape index (κ2) is 8.14. The van der Waals surface area contributed by atoms with Gasteiger partial charge in [-0.25, -0.2) is 0 Å². The Hall–Kier alpha value is -3.37. The number of nitriles is 1. The molecule has 0 unspecified atom stereocenters. The molecule has 2 aromatic carbocycles. The highest BCUT2D eigenvalue weighted by atomic mass is 35.5. The first kappa shape index (κ1) is 19.0. The molecule has 0 aliphatic carbocycles. The Balaban J connectivity index is 2.30. The number of hydrogen-bond donors (Lipinski definition) is 1. The maximum Gasteiger partial charge on any atom is 0.271 e. The van der Waals surface area contributed by atoms with Gasteiger partial charge in [0.25, 0.3) is 11.6 Å².